The molecule has 2 aromatic carbocycles. The average molecular weight is 392 g/mol. The number of rotatable bonds is 5. The van der Waals surface area contributed by atoms with Crippen molar-refractivity contribution in [1.82, 2.24) is 9.55 Å². The molecule has 0 aliphatic rings. The van der Waals surface area contributed by atoms with Gasteiger partial charge in [-0.2, -0.15) is 0 Å². The molecule has 0 spiro atoms. The quantitative estimate of drug-likeness (QED) is 0.357. The van der Waals surface area contributed by atoms with Gasteiger partial charge in [-0.3, -0.25) is 4.57 Å². The third-order valence-electron chi connectivity index (χ3n) is 4.74. The minimum atomic E-state index is -0.331. The Kier molecular flexibility index (Phi) is 4.96. The highest BCUT2D eigenvalue weighted by atomic mass is 32.2. The summed E-state index contributed by atoms with van der Waals surface area (Å²) in [6.45, 7) is 4.08. The van der Waals surface area contributed by atoms with E-state index in [2.05, 4.69) is 18.0 Å². The maximum absolute atomic E-state index is 12.0. The van der Waals surface area contributed by atoms with Crippen molar-refractivity contribution in [2.45, 2.75) is 24.8 Å². The van der Waals surface area contributed by atoms with Crippen LogP contribution in [0.15, 0.2) is 69.2 Å². The van der Waals surface area contributed by atoms with Crippen molar-refractivity contribution in [2.24, 2.45) is 0 Å². The lowest BCUT2D eigenvalue weighted by Crippen LogP contribution is -2.01. The summed E-state index contributed by atoms with van der Waals surface area (Å²) in [4.78, 5) is 16.5. The second kappa shape index (κ2) is 7.56. The van der Waals surface area contributed by atoms with Crippen LogP contribution in [0.1, 0.15) is 16.7 Å². The van der Waals surface area contributed by atoms with Crippen molar-refractivity contribution in [1.29, 1.82) is 0 Å². The molecule has 2 heterocycles. The molecule has 0 bridgehead atoms. The van der Waals surface area contributed by atoms with Crippen LogP contribution in [0, 0.1) is 13.8 Å². The molecule has 0 aliphatic heterocycles. The van der Waals surface area contributed by atoms with Crippen LogP contribution in [-0.2, 0) is 5.75 Å². The number of benzene rings is 2. The third kappa shape index (κ3) is 3.55. The van der Waals surface area contributed by atoms with Gasteiger partial charge in [0.25, 0.3) is 0 Å². The summed E-state index contributed by atoms with van der Waals surface area (Å²) in [5, 5.41) is 1.81. The predicted molar refractivity (Wildman–Crippen MR) is 112 cm³/mol. The van der Waals surface area contributed by atoms with E-state index in [-0.39, 0.29) is 5.63 Å². The van der Waals surface area contributed by atoms with Crippen molar-refractivity contribution < 1.29 is 9.15 Å². The Morgan fingerprint density at radius 3 is 2.79 bits per heavy atom. The number of imidazole rings is 1. The number of thioether (sulfide) groups is 1. The number of hydrogen-bond donors (Lipinski definition) is 0. The van der Waals surface area contributed by atoms with Gasteiger partial charge < -0.3 is 9.15 Å². The highest BCUT2D eigenvalue weighted by molar-refractivity contribution is 7.98. The van der Waals surface area contributed by atoms with Gasteiger partial charge in [-0.1, -0.05) is 17.8 Å². The molecular weight excluding hydrogens is 372 g/mol. The lowest BCUT2D eigenvalue weighted by atomic mass is 10.0. The van der Waals surface area contributed by atoms with Crippen LogP contribution >= 0.6 is 11.8 Å². The molecular formula is C22H20N2O3S. The van der Waals surface area contributed by atoms with E-state index in [0.717, 1.165) is 33.1 Å². The van der Waals surface area contributed by atoms with Crippen molar-refractivity contribution >= 4 is 22.7 Å². The first-order valence-corrected chi connectivity index (χ1v) is 9.88. The zero-order valence-electron chi connectivity index (χ0n) is 15.9. The molecule has 0 N–H and O–H groups in total. The lowest BCUT2D eigenvalue weighted by Gasteiger charge is -2.10. The van der Waals surface area contributed by atoms with Crippen molar-refractivity contribution in [3.05, 3.63) is 82.0 Å². The molecule has 4 rings (SSSR count). The third-order valence-corrected chi connectivity index (χ3v) is 5.76. The first-order chi connectivity index (χ1) is 13.5. The molecule has 0 fully saturated rings. The molecule has 0 radical (unpaired) electrons. The van der Waals surface area contributed by atoms with E-state index < -0.39 is 0 Å². The Morgan fingerprint density at radius 1 is 1.14 bits per heavy atom. The molecule has 0 amide bonds. The van der Waals surface area contributed by atoms with E-state index in [4.69, 9.17) is 9.15 Å². The molecule has 4 aromatic rings. The van der Waals surface area contributed by atoms with Gasteiger partial charge >= 0.3 is 5.63 Å². The molecule has 5 nitrogen and oxygen atoms in total. The van der Waals surface area contributed by atoms with Gasteiger partial charge in [-0.05, 0) is 54.8 Å². The fourth-order valence-corrected chi connectivity index (χ4v) is 4.06. The molecule has 142 valence electrons. The number of fused-ring (bicyclic) bond motifs is 1. The first-order valence-electron chi connectivity index (χ1n) is 8.90. The lowest BCUT2D eigenvalue weighted by molar-refractivity contribution is 0.414. The minimum absolute atomic E-state index is 0.331. The number of methoxy groups -OCH3 is 1. The van der Waals surface area contributed by atoms with Crippen LogP contribution in [0.2, 0.25) is 0 Å². The molecule has 2 aromatic heterocycles. The second-order valence-corrected chi connectivity index (χ2v) is 7.54. The van der Waals surface area contributed by atoms with Crippen LogP contribution in [0.3, 0.4) is 0 Å². The summed E-state index contributed by atoms with van der Waals surface area (Å²) in [7, 11) is 1.65. The number of aryl methyl sites for hydroxylation is 2. The normalized spacial score (nSPS) is 11.1. The second-order valence-electron chi connectivity index (χ2n) is 6.59. The van der Waals surface area contributed by atoms with E-state index in [0.29, 0.717) is 11.3 Å². The Morgan fingerprint density at radius 2 is 1.96 bits per heavy atom. The summed E-state index contributed by atoms with van der Waals surface area (Å²) >= 11 is 1.58. The Bertz CT molecular complexity index is 1210. The van der Waals surface area contributed by atoms with E-state index in [1.165, 1.54) is 5.56 Å². The number of hydrogen-bond acceptors (Lipinski definition) is 5. The molecule has 0 aliphatic carbocycles. The van der Waals surface area contributed by atoms with Crippen molar-refractivity contribution in [3.8, 4) is 11.4 Å². The summed E-state index contributed by atoms with van der Waals surface area (Å²) < 4.78 is 12.7. The standard InChI is InChI=1S/C22H20N2O3S/c1-14-9-19-16(11-21(25)27-20(19)10-15(14)2)13-28-22-23-7-8-24(22)17-5-4-6-18(12-17)26-3/h4-12H,13H2,1-3H3. The SMILES string of the molecule is COc1cccc(-n2ccnc2SCc2cc(=O)oc3cc(C)c(C)cc23)c1. The highest BCUT2D eigenvalue weighted by Crippen LogP contribution is 2.29. The van der Waals surface area contributed by atoms with Crippen molar-refractivity contribution in [2.75, 3.05) is 7.11 Å². The van der Waals surface area contributed by atoms with Crippen LogP contribution in [0.5, 0.6) is 5.75 Å². The van der Waals surface area contributed by atoms with Crippen LogP contribution < -0.4 is 10.4 Å². The molecule has 0 unspecified atom stereocenters. The maximum atomic E-state index is 12.0. The molecule has 6 heteroatoms. The van der Waals surface area contributed by atoms with Gasteiger partial charge in [-0.25, -0.2) is 9.78 Å². The monoisotopic (exact) mass is 392 g/mol. The summed E-state index contributed by atoms with van der Waals surface area (Å²) in [5.41, 5.74) is 4.49. The van der Waals surface area contributed by atoms with Gasteiger partial charge in [0.05, 0.1) is 12.8 Å². The van der Waals surface area contributed by atoms with Crippen molar-refractivity contribution in [3.63, 3.8) is 0 Å². The van der Waals surface area contributed by atoms with Gasteiger partial charge in [0.2, 0.25) is 0 Å². The molecule has 0 saturated carbocycles. The largest absolute Gasteiger partial charge is 0.497 e. The summed E-state index contributed by atoms with van der Waals surface area (Å²) in [6, 6.07) is 13.4. The predicted octanol–water partition coefficient (Wildman–Crippen LogP) is 4.90. The Hall–Kier alpha value is -2.99. The summed E-state index contributed by atoms with van der Waals surface area (Å²) in [5.74, 6) is 1.41. The zero-order valence-corrected chi connectivity index (χ0v) is 16.7. The van der Waals surface area contributed by atoms with E-state index in [1.807, 2.05) is 48.0 Å². The summed E-state index contributed by atoms with van der Waals surface area (Å²) in [6.07, 6.45) is 3.69. The molecule has 28 heavy (non-hydrogen) atoms. The van der Waals surface area contributed by atoms with Gasteiger partial charge in [0.1, 0.15) is 11.3 Å². The molecule has 0 saturated heterocycles. The highest BCUT2D eigenvalue weighted by Gasteiger charge is 2.11. The first kappa shape index (κ1) is 18.4. The van der Waals surface area contributed by atoms with Crippen LogP contribution in [0.4, 0.5) is 0 Å². The zero-order chi connectivity index (χ0) is 19.7. The number of aromatic nitrogens is 2. The van der Waals surface area contributed by atoms with Gasteiger partial charge in [0.15, 0.2) is 5.16 Å². The molecule has 0 atom stereocenters. The van der Waals surface area contributed by atoms with Crippen LogP contribution in [-0.4, -0.2) is 16.7 Å². The Balaban J connectivity index is 1.67. The van der Waals surface area contributed by atoms with Gasteiger partial charge in [0, 0.05) is 35.7 Å². The van der Waals surface area contributed by atoms with Gasteiger partial charge in [-0.15, -0.1) is 0 Å². The average Bonchev–Trinajstić information content (AvgIpc) is 3.16. The van der Waals surface area contributed by atoms with Crippen LogP contribution in [0.25, 0.3) is 16.7 Å². The maximum Gasteiger partial charge on any atom is 0.336 e. The Labute approximate surface area is 167 Å². The van der Waals surface area contributed by atoms with E-state index in [1.54, 1.807) is 31.1 Å². The van der Waals surface area contributed by atoms with E-state index in [9.17, 15) is 4.79 Å². The minimum Gasteiger partial charge on any atom is -0.497 e. The topological polar surface area (TPSA) is 57.3 Å². The fourth-order valence-electron chi connectivity index (χ4n) is 3.10. The smallest absolute Gasteiger partial charge is 0.336 e. The number of nitrogens with zero attached hydrogens (tertiary/aromatic N) is 2. The fraction of sp³-hybridized carbons (Fsp3) is 0.182. The van der Waals surface area contributed by atoms with E-state index >= 15 is 0 Å². The number of ether oxygens (including phenoxy) is 1.